The molecule has 0 saturated heterocycles. The highest BCUT2D eigenvalue weighted by atomic mass is 16.5. The smallest absolute Gasteiger partial charge is 0.188 e. The summed E-state index contributed by atoms with van der Waals surface area (Å²) in [7, 11) is 0. The van der Waals surface area contributed by atoms with Gasteiger partial charge in [-0.3, -0.25) is 0 Å². The van der Waals surface area contributed by atoms with Crippen LogP contribution in [0.15, 0.2) is 23.2 Å². The third-order valence-corrected chi connectivity index (χ3v) is 2.47. The second-order valence-corrected chi connectivity index (χ2v) is 4.64. The van der Waals surface area contributed by atoms with Crippen molar-refractivity contribution in [1.29, 1.82) is 0 Å². The third-order valence-electron chi connectivity index (χ3n) is 2.47. The van der Waals surface area contributed by atoms with E-state index >= 15 is 0 Å². The zero-order valence-corrected chi connectivity index (χ0v) is 11.7. The van der Waals surface area contributed by atoms with Crippen LogP contribution in [0.2, 0.25) is 0 Å². The number of para-hydroxylation sites is 1. The van der Waals surface area contributed by atoms with Crippen LogP contribution in [0.25, 0.3) is 0 Å². The largest absolute Gasteiger partial charge is 0.491 e. The molecule has 0 fully saturated rings. The molecule has 18 heavy (non-hydrogen) atoms. The molecule has 0 aliphatic rings. The monoisotopic (exact) mass is 249 g/mol. The van der Waals surface area contributed by atoms with E-state index < -0.39 is 0 Å². The van der Waals surface area contributed by atoms with E-state index in [4.69, 9.17) is 10.5 Å². The average Bonchev–Trinajstić information content (AvgIpc) is 2.26. The highest BCUT2D eigenvalue weighted by molar-refractivity contribution is 5.78. The number of nitrogens with two attached hydrogens (primary N) is 1. The van der Waals surface area contributed by atoms with Gasteiger partial charge < -0.3 is 15.8 Å². The maximum Gasteiger partial charge on any atom is 0.188 e. The first-order valence-corrected chi connectivity index (χ1v) is 6.26. The lowest BCUT2D eigenvalue weighted by molar-refractivity contribution is 0.324. The van der Waals surface area contributed by atoms with Crippen molar-refractivity contribution in [1.82, 2.24) is 5.32 Å². The molecule has 0 radical (unpaired) electrons. The number of aryl methyl sites for hydroxylation is 2. The summed E-state index contributed by atoms with van der Waals surface area (Å²) in [4.78, 5) is 4.20. The minimum absolute atomic E-state index is 0.299. The van der Waals surface area contributed by atoms with Crippen molar-refractivity contribution in [2.24, 2.45) is 10.7 Å². The molecule has 0 bridgehead atoms. The Kier molecular flexibility index (Phi) is 5.49. The number of nitrogens with one attached hydrogen (secondary N) is 1. The van der Waals surface area contributed by atoms with Gasteiger partial charge >= 0.3 is 0 Å². The summed E-state index contributed by atoms with van der Waals surface area (Å²) in [5.41, 5.74) is 7.99. The lowest BCUT2D eigenvalue weighted by Gasteiger charge is -2.11. The number of hydrogen-bond donors (Lipinski definition) is 2. The Labute approximate surface area is 109 Å². The molecule has 0 unspecified atom stereocenters. The maximum atomic E-state index is 5.73. The predicted molar refractivity (Wildman–Crippen MR) is 76.2 cm³/mol. The molecule has 0 atom stereocenters. The minimum atomic E-state index is 0.299. The summed E-state index contributed by atoms with van der Waals surface area (Å²) in [6, 6.07) is 6.41. The number of hydrogen-bond acceptors (Lipinski definition) is 2. The van der Waals surface area contributed by atoms with Gasteiger partial charge in [0.1, 0.15) is 12.4 Å². The Balaban J connectivity index is 2.43. The van der Waals surface area contributed by atoms with Crippen molar-refractivity contribution in [3.05, 3.63) is 29.3 Å². The second kappa shape index (κ2) is 6.89. The fourth-order valence-electron chi connectivity index (χ4n) is 1.68. The Morgan fingerprint density at radius 2 is 1.94 bits per heavy atom. The average molecular weight is 249 g/mol. The quantitative estimate of drug-likeness (QED) is 0.476. The van der Waals surface area contributed by atoms with Gasteiger partial charge in [0.2, 0.25) is 0 Å². The number of ether oxygens (including phenoxy) is 1. The van der Waals surface area contributed by atoms with Crippen molar-refractivity contribution in [2.75, 3.05) is 13.2 Å². The molecule has 0 saturated carbocycles. The molecule has 1 aromatic rings. The molecular formula is C14H23N3O. The summed E-state index contributed by atoms with van der Waals surface area (Å²) in [5.74, 6) is 1.41. The Bertz CT molecular complexity index is 393. The lowest BCUT2D eigenvalue weighted by atomic mass is 10.1. The number of guanidine groups is 1. The summed E-state index contributed by atoms with van der Waals surface area (Å²) in [6.07, 6.45) is 0. The topological polar surface area (TPSA) is 59.6 Å². The van der Waals surface area contributed by atoms with Crippen molar-refractivity contribution in [3.63, 3.8) is 0 Å². The van der Waals surface area contributed by atoms with Crippen molar-refractivity contribution >= 4 is 5.96 Å². The third kappa shape index (κ3) is 4.65. The number of aliphatic imine (C=N–C) groups is 1. The Morgan fingerprint density at radius 1 is 1.33 bits per heavy atom. The summed E-state index contributed by atoms with van der Waals surface area (Å²) >= 11 is 0. The van der Waals surface area contributed by atoms with E-state index in [9.17, 15) is 0 Å². The van der Waals surface area contributed by atoms with Crippen LogP contribution in [-0.4, -0.2) is 25.2 Å². The molecule has 0 heterocycles. The molecule has 0 aliphatic carbocycles. The molecule has 4 nitrogen and oxygen atoms in total. The van der Waals surface area contributed by atoms with Crippen LogP contribution in [0.3, 0.4) is 0 Å². The van der Waals surface area contributed by atoms with E-state index in [0.717, 1.165) is 16.9 Å². The summed E-state index contributed by atoms with van der Waals surface area (Å²) in [5, 5.41) is 3.04. The SMILES string of the molecule is Cc1cccc(C)c1OCCN=C(N)NC(C)C. The molecule has 0 spiro atoms. The molecule has 1 rings (SSSR count). The number of nitrogens with zero attached hydrogens (tertiary/aromatic N) is 1. The van der Waals surface area contributed by atoms with E-state index in [0.29, 0.717) is 25.2 Å². The number of benzene rings is 1. The maximum absolute atomic E-state index is 5.73. The van der Waals surface area contributed by atoms with Crippen LogP contribution in [0.4, 0.5) is 0 Å². The van der Waals surface area contributed by atoms with Crippen molar-refractivity contribution in [3.8, 4) is 5.75 Å². The van der Waals surface area contributed by atoms with E-state index in [1.807, 2.05) is 45.9 Å². The standard InChI is InChI=1S/C14H23N3O/c1-10(2)17-14(15)16-8-9-18-13-11(3)6-5-7-12(13)4/h5-7,10H,8-9H2,1-4H3,(H3,15,16,17). The van der Waals surface area contributed by atoms with Crippen LogP contribution < -0.4 is 15.8 Å². The molecule has 4 heteroatoms. The van der Waals surface area contributed by atoms with Crippen LogP contribution in [0, 0.1) is 13.8 Å². The first-order valence-electron chi connectivity index (χ1n) is 6.26. The van der Waals surface area contributed by atoms with Crippen LogP contribution in [0.1, 0.15) is 25.0 Å². The summed E-state index contributed by atoms with van der Waals surface area (Å²) in [6.45, 7) is 9.22. The van der Waals surface area contributed by atoms with Gasteiger partial charge in [-0.2, -0.15) is 0 Å². The van der Waals surface area contributed by atoms with E-state index in [2.05, 4.69) is 10.3 Å². The van der Waals surface area contributed by atoms with Gasteiger partial charge in [0.15, 0.2) is 5.96 Å². The van der Waals surface area contributed by atoms with E-state index in [1.54, 1.807) is 0 Å². The zero-order chi connectivity index (χ0) is 13.5. The van der Waals surface area contributed by atoms with E-state index in [1.165, 1.54) is 0 Å². The molecule has 0 aromatic heterocycles. The highest BCUT2D eigenvalue weighted by Gasteiger charge is 2.02. The molecule has 0 aliphatic heterocycles. The first kappa shape index (κ1) is 14.4. The second-order valence-electron chi connectivity index (χ2n) is 4.64. The first-order chi connectivity index (χ1) is 8.50. The fourth-order valence-corrected chi connectivity index (χ4v) is 1.68. The number of rotatable bonds is 5. The van der Waals surface area contributed by atoms with E-state index in [-0.39, 0.29) is 0 Å². The molecule has 100 valence electrons. The van der Waals surface area contributed by atoms with Gasteiger partial charge in [0, 0.05) is 6.04 Å². The van der Waals surface area contributed by atoms with Gasteiger partial charge in [-0.1, -0.05) is 18.2 Å². The van der Waals surface area contributed by atoms with Crippen LogP contribution >= 0.6 is 0 Å². The van der Waals surface area contributed by atoms with Gasteiger partial charge in [0.25, 0.3) is 0 Å². The predicted octanol–water partition coefficient (Wildman–Crippen LogP) is 1.99. The minimum Gasteiger partial charge on any atom is -0.491 e. The summed E-state index contributed by atoms with van der Waals surface area (Å²) < 4.78 is 5.73. The normalized spacial score (nSPS) is 11.7. The fraction of sp³-hybridized carbons (Fsp3) is 0.500. The Hall–Kier alpha value is -1.71. The van der Waals surface area contributed by atoms with Crippen LogP contribution in [-0.2, 0) is 0 Å². The molecule has 1 aromatic carbocycles. The van der Waals surface area contributed by atoms with Gasteiger partial charge in [-0.25, -0.2) is 4.99 Å². The molecular weight excluding hydrogens is 226 g/mol. The highest BCUT2D eigenvalue weighted by Crippen LogP contribution is 2.21. The molecule has 3 N–H and O–H groups in total. The lowest BCUT2D eigenvalue weighted by Crippen LogP contribution is -2.37. The van der Waals surface area contributed by atoms with Crippen LogP contribution in [0.5, 0.6) is 5.75 Å². The zero-order valence-electron chi connectivity index (χ0n) is 11.7. The van der Waals surface area contributed by atoms with Crippen molar-refractivity contribution in [2.45, 2.75) is 33.7 Å². The van der Waals surface area contributed by atoms with Gasteiger partial charge in [-0.05, 0) is 38.8 Å². The Morgan fingerprint density at radius 3 is 2.50 bits per heavy atom. The molecule has 0 amide bonds. The van der Waals surface area contributed by atoms with Crippen molar-refractivity contribution < 1.29 is 4.74 Å². The van der Waals surface area contributed by atoms with Gasteiger partial charge in [0.05, 0.1) is 6.54 Å². The van der Waals surface area contributed by atoms with Gasteiger partial charge in [-0.15, -0.1) is 0 Å².